The summed E-state index contributed by atoms with van der Waals surface area (Å²) in [5.41, 5.74) is 7.25. The fourth-order valence-corrected chi connectivity index (χ4v) is 4.59. The second-order valence-corrected chi connectivity index (χ2v) is 9.26. The standard InChI is InChI=1S/C26H27F2N7O/c1-14(2)34-8-10-35(11-9-34)17-6-4-16(5-7-17)22-24(28)33-25(29)23(32-22)18-13-21-19(12-20(18)27)26(36)31-15(3)30-21/h4-7,12-14H,8-11H2,1-3H3,(H2,29,33)(H,30,31,36). The van der Waals surface area contributed by atoms with Crippen molar-refractivity contribution in [2.24, 2.45) is 0 Å². The number of anilines is 2. The molecule has 8 nitrogen and oxygen atoms in total. The molecule has 1 aliphatic rings. The van der Waals surface area contributed by atoms with Crippen molar-refractivity contribution < 1.29 is 8.78 Å². The van der Waals surface area contributed by atoms with Crippen molar-refractivity contribution in [3.8, 4) is 22.5 Å². The number of aromatic amines is 1. The summed E-state index contributed by atoms with van der Waals surface area (Å²) in [7, 11) is 0. The lowest BCUT2D eigenvalue weighted by atomic mass is 10.1. The van der Waals surface area contributed by atoms with Crippen LogP contribution in [0.25, 0.3) is 33.4 Å². The molecule has 36 heavy (non-hydrogen) atoms. The van der Waals surface area contributed by atoms with Gasteiger partial charge in [0.1, 0.15) is 23.0 Å². The molecule has 0 bridgehead atoms. The first kappa shape index (κ1) is 23.8. The Balaban J connectivity index is 1.49. The van der Waals surface area contributed by atoms with Gasteiger partial charge in [0.25, 0.3) is 5.56 Å². The molecule has 186 valence electrons. The second-order valence-electron chi connectivity index (χ2n) is 9.26. The molecule has 10 heteroatoms. The molecule has 3 N–H and O–H groups in total. The largest absolute Gasteiger partial charge is 0.382 e. The second kappa shape index (κ2) is 9.27. The highest BCUT2D eigenvalue weighted by molar-refractivity contribution is 5.85. The molecule has 0 atom stereocenters. The zero-order valence-electron chi connectivity index (χ0n) is 20.3. The van der Waals surface area contributed by atoms with Crippen molar-refractivity contribution in [3.05, 3.63) is 64.3 Å². The number of H-pyrrole nitrogens is 1. The van der Waals surface area contributed by atoms with Crippen molar-refractivity contribution in [1.29, 1.82) is 0 Å². The minimum Gasteiger partial charge on any atom is -0.382 e. The Morgan fingerprint density at radius 1 is 0.972 bits per heavy atom. The lowest BCUT2D eigenvalue weighted by Gasteiger charge is -2.38. The zero-order chi connectivity index (χ0) is 25.6. The van der Waals surface area contributed by atoms with E-state index >= 15 is 4.39 Å². The molecule has 0 aliphatic carbocycles. The molecular formula is C26H27F2N7O. The highest BCUT2D eigenvalue weighted by Gasteiger charge is 2.21. The first-order valence-corrected chi connectivity index (χ1v) is 11.8. The quantitative estimate of drug-likeness (QED) is 0.448. The van der Waals surface area contributed by atoms with Gasteiger partial charge in [0.15, 0.2) is 5.82 Å². The van der Waals surface area contributed by atoms with Gasteiger partial charge in [-0.2, -0.15) is 9.37 Å². The Morgan fingerprint density at radius 2 is 1.67 bits per heavy atom. The predicted octanol–water partition coefficient (Wildman–Crippen LogP) is 3.75. The number of benzene rings is 2. The van der Waals surface area contributed by atoms with Gasteiger partial charge in [-0.05, 0) is 45.0 Å². The fourth-order valence-electron chi connectivity index (χ4n) is 4.59. The van der Waals surface area contributed by atoms with Gasteiger partial charge in [-0.1, -0.05) is 12.1 Å². The number of hydrogen-bond acceptors (Lipinski definition) is 7. The number of nitrogens with one attached hydrogen (secondary N) is 1. The van der Waals surface area contributed by atoms with E-state index in [1.165, 1.54) is 6.07 Å². The smallest absolute Gasteiger partial charge is 0.258 e. The fraction of sp³-hybridized carbons (Fsp3) is 0.308. The number of fused-ring (bicyclic) bond motifs is 1. The number of nitrogens with zero attached hydrogens (tertiary/aromatic N) is 5. The van der Waals surface area contributed by atoms with Crippen LogP contribution < -0.4 is 16.2 Å². The van der Waals surface area contributed by atoms with Gasteiger partial charge < -0.3 is 15.6 Å². The van der Waals surface area contributed by atoms with Crippen LogP contribution >= 0.6 is 0 Å². The summed E-state index contributed by atoms with van der Waals surface area (Å²) in [6, 6.07) is 10.4. The van der Waals surface area contributed by atoms with E-state index in [1.807, 2.05) is 12.1 Å². The molecule has 0 radical (unpaired) electrons. The van der Waals surface area contributed by atoms with Crippen LogP contribution in [-0.4, -0.2) is 57.1 Å². The van der Waals surface area contributed by atoms with Crippen LogP contribution in [0.1, 0.15) is 19.7 Å². The average Bonchev–Trinajstić information content (AvgIpc) is 2.85. The molecule has 1 saturated heterocycles. The Hall–Kier alpha value is -3.92. The molecule has 0 unspecified atom stereocenters. The Kier molecular flexibility index (Phi) is 6.13. The van der Waals surface area contributed by atoms with Gasteiger partial charge in [-0.15, -0.1) is 0 Å². The Morgan fingerprint density at radius 3 is 2.33 bits per heavy atom. The first-order chi connectivity index (χ1) is 17.2. The topological polar surface area (TPSA) is 104 Å². The van der Waals surface area contributed by atoms with Crippen molar-refractivity contribution >= 4 is 22.4 Å². The lowest BCUT2D eigenvalue weighted by Crippen LogP contribution is -2.48. The summed E-state index contributed by atoms with van der Waals surface area (Å²) < 4.78 is 29.9. The third kappa shape index (κ3) is 4.39. The van der Waals surface area contributed by atoms with Gasteiger partial charge in [-0.25, -0.2) is 14.4 Å². The van der Waals surface area contributed by atoms with Crippen LogP contribution in [0.15, 0.2) is 41.2 Å². The summed E-state index contributed by atoms with van der Waals surface area (Å²) in [5.74, 6) is -1.44. The van der Waals surface area contributed by atoms with E-state index in [0.29, 0.717) is 17.4 Å². The predicted molar refractivity (Wildman–Crippen MR) is 137 cm³/mol. The third-order valence-corrected chi connectivity index (χ3v) is 6.60. The molecule has 4 aromatic rings. The number of halogens is 2. The minimum absolute atomic E-state index is 0.00843. The number of nitrogen functional groups attached to an aromatic ring is 1. The van der Waals surface area contributed by atoms with E-state index in [-0.39, 0.29) is 33.7 Å². The molecule has 0 saturated carbocycles. The van der Waals surface area contributed by atoms with Crippen LogP contribution in [0.5, 0.6) is 0 Å². The summed E-state index contributed by atoms with van der Waals surface area (Å²) in [4.78, 5) is 31.9. The van der Waals surface area contributed by atoms with E-state index in [9.17, 15) is 9.18 Å². The molecule has 2 aromatic carbocycles. The molecule has 0 amide bonds. The molecule has 1 fully saturated rings. The SMILES string of the molecule is Cc1nc2cc(-c3nc(-c4ccc(N5CCN(C(C)C)CC5)cc4)c(F)nc3N)c(F)cc2c(=O)[nH]1. The summed E-state index contributed by atoms with van der Waals surface area (Å²) in [6.07, 6.45) is 0. The van der Waals surface area contributed by atoms with Crippen molar-refractivity contribution in [1.82, 2.24) is 24.8 Å². The number of nitrogens with two attached hydrogens (primary N) is 1. The van der Waals surface area contributed by atoms with Crippen LogP contribution in [0.4, 0.5) is 20.3 Å². The van der Waals surface area contributed by atoms with Crippen LogP contribution in [0.2, 0.25) is 0 Å². The maximum absolute atomic E-state index is 15.0. The van der Waals surface area contributed by atoms with Crippen LogP contribution in [0, 0.1) is 18.7 Å². The number of rotatable bonds is 4. The molecule has 1 aliphatic heterocycles. The highest BCUT2D eigenvalue weighted by Crippen LogP contribution is 2.32. The van der Waals surface area contributed by atoms with Crippen molar-refractivity contribution in [2.75, 3.05) is 36.8 Å². The Bertz CT molecular complexity index is 1490. The maximum Gasteiger partial charge on any atom is 0.258 e. The maximum atomic E-state index is 15.0. The zero-order valence-corrected chi connectivity index (χ0v) is 20.3. The minimum atomic E-state index is -0.846. The molecule has 2 aromatic heterocycles. The highest BCUT2D eigenvalue weighted by atomic mass is 19.1. The van der Waals surface area contributed by atoms with Gasteiger partial charge in [-0.3, -0.25) is 9.69 Å². The number of aryl methyl sites for hydroxylation is 1. The van der Waals surface area contributed by atoms with E-state index in [0.717, 1.165) is 37.9 Å². The average molecular weight is 492 g/mol. The monoisotopic (exact) mass is 491 g/mol. The lowest BCUT2D eigenvalue weighted by molar-refractivity contribution is 0.209. The molecule has 3 heterocycles. The first-order valence-electron chi connectivity index (χ1n) is 11.8. The van der Waals surface area contributed by atoms with E-state index in [1.54, 1.807) is 19.1 Å². The molecular weight excluding hydrogens is 464 g/mol. The summed E-state index contributed by atoms with van der Waals surface area (Å²) in [5, 5.41) is 0.0977. The number of aromatic nitrogens is 4. The Labute approximate surface area is 206 Å². The van der Waals surface area contributed by atoms with E-state index in [4.69, 9.17) is 5.73 Å². The van der Waals surface area contributed by atoms with E-state index in [2.05, 4.69) is 43.6 Å². The van der Waals surface area contributed by atoms with E-state index < -0.39 is 17.3 Å². The normalized spacial score (nSPS) is 14.7. The summed E-state index contributed by atoms with van der Waals surface area (Å²) in [6.45, 7) is 9.81. The van der Waals surface area contributed by atoms with Crippen LogP contribution in [-0.2, 0) is 0 Å². The van der Waals surface area contributed by atoms with Crippen molar-refractivity contribution in [2.45, 2.75) is 26.8 Å². The molecule has 0 spiro atoms. The molecule has 5 rings (SSSR count). The van der Waals surface area contributed by atoms with Crippen molar-refractivity contribution in [3.63, 3.8) is 0 Å². The third-order valence-electron chi connectivity index (χ3n) is 6.60. The number of piperazine rings is 1. The van der Waals surface area contributed by atoms with Gasteiger partial charge >= 0.3 is 0 Å². The summed E-state index contributed by atoms with van der Waals surface area (Å²) >= 11 is 0. The van der Waals surface area contributed by atoms with Gasteiger partial charge in [0, 0.05) is 49.0 Å². The van der Waals surface area contributed by atoms with Gasteiger partial charge in [0.2, 0.25) is 5.95 Å². The van der Waals surface area contributed by atoms with Crippen LogP contribution in [0.3, 0.4) is 0 Å². The number of hydrogen-bond donors (Lipinski definition) is 2. The van der Waals surface area contributed by atoms with Gasteiger partial charge in [0.05, 0.1) is 10.9 Å².